The van der Waals surface area contributed by atoms with Crippen molar-refractivity contribution >= 4 is 34.7 Å². The summed E-state index contributed by atoms with van der Waals surface area (Å²) >= 11 is 6.17. The van der Waals surface area contributed by atoms with Crippen LogP contribution in [0, 0.1) is 12.3 Å². The molecular formula is C27H29ClN4O10. The molecule has 1 saturated heterocycles. The van der Waals surface area contributed by atoms with Crippen LogP contribution in [0.3, 0.4) is 0 Å². The van der Waals surface area contributed by atoms with Crippen LogP contribution in [0.4, 0.5) is 0 Å². The van der Waals surface area contributed by atoms with E-state index >= 15 is 0 Å². The van der Waals surface area contributed by atoms with Gasteiger partial charge in [-0.15, -0.1) is 6.42 Å². The van der Waals surface area contributed by atoms with Gasteiger partial charge in [-0.2, -0.15) is 4.98 Å². The van der Waals surface area contributed by atoms with Gasteiger partial charge in [0.2, 0.25) is 5.28 Å². The van der Waals surface area contributed by atoms with Gasteiger partial charge in [-0.05, 0) is 30.0 Å². The highest BCUT2D eigenvalue weighted by atomic mass is 35.5. The molecule has 15 heteroatoms. The predicted molar refractivity (Wildman–Crippen MR) is 144 cm³/mol. The summed E-state index contributed by atoms with van der Waals surface area (Å²) in [5, 5.41) is 60.9. The molecule has 0 spiro atoms. The first kappa shape index (κ1) is 31.3. The molecule has 224 valence electrons. The third-order valence-corrected chi connectivity index (χ3v) is 7.42. The van der Waals surface area contributed by atoms with E-state index in [0.29, 0.717) is 11.3 Å². The average molecular weight is 605 g/mol. The van der Waals surface area contributed by atoms with E-state index in [0.717, 1.165) is 0 Å². The molecular weight excluding hydrogens is 576 g/mol. The Morgan fingerprint density at radius 2 is 1.81 bits per heavy atom. The molecule has 1 aliphatic rings. The first-order chi connectivity index (χ1) is 20.0. The van der Waals surface area contributed by atoms with E-state index in [4.69, 9.17) is 27.5 Å². The van der Waals surface area contributed by atoms with Crippen LogP contribution in [0.5, 0.6) is 0 Å². The van der Waals surface area contributed by atoms with Crippen molar-refractivity contribution in [2.45, 2.75) is 54.8 Å². The molecule has 42 heavy (non-hydrogen) atoms. The first-order valence-corrected chi connectivity index (χ1v) is 13.2. The third-order valence-electron chi connectivity index (χ3n) is 7.25. The molecule has 0 amide bonds. The number of imidazole rings is 1. The van der Waals surface area contributed by atoms with Crippen LogP contribution in [0.25, 0.3) is 11.2 Å². The van der Waals surface area contributed by atoms with Gasteiger partial charge in [0.15, 0.2) is 17.5 Å². The van der Waals surface area contributed by atoms with Crippen molar-refractivity contribution in [3.8, 4) is 12.3 Å². The molecule has 0 radical (unpaired) electrons. The molecule has 2 aromatic heterocycles. The number of benzene rings is 1. The standard InChI is InChI=1S/C27H29ClN4O10/c1-2-26(40)17(13-41-27(23(36)37,24(38)39)12-15-6-4-3-5-7-15)42-22(20(26)35)32-14-29-19-18(16(8-10-33)9-11-34)30-25(28)31-21(19)32/h1,3-7,14,16-17,20,22,33-35,40H,8-13H2,(H,36,37)(H,38,39)/t17-,20+,22-,26-/m1/s1. The number of aromatic nitrogens is 4. The van der Waals surface area contributed by atoms with Crippen molar-refractivity contribution in [1.29, 1.82) is 0 Å². The van der Waals surface area contributed by atoms with Gasteiger partial charge in [0, 0.05) is 25.6 Å². The van der Waals surface area contributed by atoms with Gasteiger partial charge in [0.05, 0.1) is 18.6 Å². The van der Waals surface area contributed by atoms with E-state index in [1.165, 1.54) is 23.0 Å². The summed E-state index contributed by atoms with van der Waals surface area (Å²) in [5.74, 6) is -1.97. The monoisotopic (exact) mass is 604 g/mol. The lowest BCUT2D eigenvalue weighted by molar-refractivity contribution is -0.191. The number of terminal acetylenes is 1. The summed E-state index contributed by atoms with van der Waals surface area (Å²) in [6, 6.07) is 7.95. The van der Waals surface area contributed by atoms with Gasteiger partial charge >= 0.3 is 11.9 Å². The van der Waals surface area contributed by atoms with Crippen LogP contribution in [0.2, 0.25) is 5.28 Å². The summed E-state index contributed by atoms with van der Waals surface area (Å²) < 4.78 is 12.5. The number of aliphatic carboxylic acids is 2. The molecule has 0 saturated carbocycles. The summed E-state index contributed by atoms with van der Waals surface area (Å²) in [7, 11) is 0. The first-order valence-electron chi connectivity index (χ1n) is 12.8. The van der Waals surface area contributed by atoms with E-state index in [-0.39, 0.29) is 42.5 Å². The van der Waals surface area contributed by atoms with Gasteiger partial charge in [0.25, 0.3) is 5.60 Å². The summed E-state index contributed by atoms with van der Waals surface area (Å²) in [6.07, 6.45) is 1.85. The SMILES string of the molecule is C#C[C@@]1(O)[C@@H](COC(Cc2ccccc2)(C(=O)O)C(=O)O)O[C@@H](n2cnc3c(C(CCO)CCO)nc(Cl)nc32)[C@@H]1O. The lowest BCUT2D eigenvalue weighted by Crippen LogP contribution is -2.55. The van der Waals surface area contributed by atoms with Crippen LogP contribution in [-0.4, -0.2) is 105 Å². The van der Waals surface area contributed by atoms with Crippen molar-refractivity contribution in [2.75, 3.05) is 19.8 Å². The molecule has 4 rings (SSSR count). The van der Waals surface area contributed by atoms with Crippen molar-refractivity contribution in [3.05, 3.63) is 53.2 Å². The molecule has 3 heterocycles. The molecule has 3 aromatic rings. The van der Waals surface area contributed by atoms with Gasteiger partial charge in [0.1, 0.15) is 17.7 Å². The topological polar surface area (TPSA) is 218 Å². The average Bonchev–Trinajstić information content (AvgIpc) is 3.49. The molecule has 0 aliphatic carbocycles. The Labute approximate surface area is 244 Å². The number of halogens is 1. The van der Waals surface area contributed by atoms with E-state index in [2.05, 4.69) is 20.9 Å². The van der Waals surface area contributed by atoms with Gasteiger partial charge in [-0.3, -0.25) is 4.57 Å². The Balaban J connectivity index is 1.68. The Morgan fingerprint density at radius 1 is 1.17 bits per heavy atom. The van der Waals surface area contributed by atoms with Crippen LogP contribution in [-0.2, 0) is 25.5 Å². The minimum absolute atomic E-state index is 0.0744. The lowest BCUT2D eigenvalue weighted by atomic mass is 9.92. The number of carboxylic acids is 2. The highest BCUT2D eigenvalue weighted by molar-refractivity contribution is 6.28. The number of carboxylic acid groups (broad SMARTS) is 2. The molecule has 6 N–H and O–H groups in total. The van der Waals surface area contributed by atoms with E-state index in [1.807, 2.05) is 0 Å². The molecule has 1 aliphatic heterocycles. The third kappa shape index (κ3) is 5.68. The maximum atomic E-state index is 12.2. The Morgan fingerprint density at radius 3 is 2.38 bits per heavy atom. The Bertz CT molecular complexity index is 1460. The summed E-state index contributed by atoms with van der Waals surface area (Å²) in [6.45, 7) is -1.23. The normalized spacial score (nSPS) is 22.5. The van der Waals surface area contributed by atoms with Crippen molar-refractivity contribution in [1.82, 2.24) is 19.5 Å². The maximum Gasteiger partial charge on any atom is 0.348 e. The summed E-state index contributed by atoms with van der Waals surface area (Å²) in [4.78, 5) is 37.1. The smallest absolute Gasteiger partial charge is 0.348 e. The highest BCUT2D eigenvalue weighted by Gasteiger charge is 2.58. The number of aliphatic hydroxyl groups is 4. The molecule has 0 bridgehead atoms. The highest BCUT2D eigenvalue weighted by Crippen LogP contribution is 2.40. The van der Waals surface area contributed by atoms with Crippen LogP contribution in [0.1, 0.15) is 36.2 Å². The van der Waals surface area contributed by atoms with Crippen LogP contribution >= 0.6 is 11.6 Å². The maximum absolute atomic E-state index is 12.2. The minimum Gasteiger partial charge on any atom is -0.479 e. The zero-order valence-corrected chi connectivity index (χ0v) is 22.8. The van der Waals surface area contributed by atoms with Gasteiger partial charge in [-0.1, -0.05) is 36.3 Å². The number of hydrogen-bond donors (Lipinski definition) is 6. The van der Waals surface area contributed by atoms with E-state index < -0.39 is 60.5 Å². The zero-order chi connectivity index (χ0) is 30.7. The second kappa shape index (κ2) is 12.7. The van der Waals surface area contributed by atoms with Gasteiger partial charge in [-0.25, -0.2) is 19.6 Å². The molecule has 0 unspecified atom stereocenters. The quantitative estimate of drug-likeness (QED) is 0.0868. The number of hydrogen-bond acceptors (Lipinski definition) is 11. The Hall–Kier alpha value is -3.68. The number of rotatable bonds is 13. The Kier molecular flexibility index (Phi) is 9.43. The van der Waals surface area contributed by atoms with E-state index in [1.54, 1.807) is 18.2 Å². The number of nitrogens with zero attached hydrogens (tertiary/aromatic N) is 4. The second-order valence-corrected chi connectivity index (χ2v) is 10.1. The van der Waals surface area contributed by atoms with Crippen molar-refractivity contribution < 1.29 is 49.7 Å². The number of fused-ring (bicyclic) bond motifs is 1. The van der Waals surface area contributed by atoms with Gasteiger partial charge < -0.3 is 40.1 Å². The molecule has 4 atom stereocenters. The second-order valence-electron chi connectivity index (χ2n) is 9.76. The minimum atomic E-state index is -2.77. The van der Waals surface area contributed by atoms with Crippen molar-refractivity contribution in [3.63, 3.8) is 0 Å². The number of aliphatic hydroxyl groups excluding tert-OH is 3. The number of ether oxygens (including phenoxy) is 2. The van der Waals surface area contributed by atoms with Crippen LogP contribution in [0.15, 0.2) is 36.7 Å². The largest absolute Gasteiger partial charge is 0.479 e. The summed E-state index contributed by atoms with van der Waals surface area (Å²) in [5.41, 5.74) is -4.23. The fourth-order valence-corrected chi connectivity index (χ4v) is 5.12. The van der Waals surface area contributed by atoms with Crippen LogP contribution < -0.4 is 0 Å². The fraction of sp³-hybridized carbons (Fsp3) is 0.444. The molecule has 1 aromatic carbocycles. The molecule has 1 fully saturated rings. The van der Waals surface area contributed by atoms with Crippen molar-refractivity contribution in [2.24, 2.45) is 0 Å². The fourth-order valence-electron chi connectivity index (χ4n) is 4.95. The lowest BCUT2D eigenvalue weighted by Gasteiger charge is -2.30. The van der Waals surface area contributed by atoms with E-state index in [9.17, 15) is 40.2 Å². The number of carbonyl (C=O) groups is 2. The molecule has 14 nitrogen and oxygen atoms in total. The predicted octanol–water partition coefficient (Wildman–Crippen LogP) is 0.118. The zero-order valence-electron chi connectivity index (χ0n) is 22.1.